The molecular weight excluding hydrogens is 468 g/mol. The van der Waals surface area contributed by atoms with Crippen molar-refractivity contribution in [1.29, 1.82) is 0 Å². The van der Waals surface area contributed by atoms with Crippen molar-refractivity contribution in [2.24, 2.45) is 0 Å². The van der Waals surface area contributed by atoms with E-state index in [1.165, 1.54) is 7.11 Å². The van der Waals surface area contributed by atoms with E-state index in [4.69, 9.17) is 9.16 Å². The summed E-state index contributed by atoms with van der Waals surface area (Å²) in [5.41, 5.74) is 1.16. The lowest BCUT2D eigenvalue weighted by atomic mass is 9.94. The van der Waals surface area contributed by atoms with Gasteiger partial charge in [-0.1, -0.05) is 65.0 Å². The Morgan fingerprint density at radius 2 is 1.81 bits per heavy atom. The molecule has 200 valence electrons. The Balaban J connectivity index is 2.11. The van der Waals surface area contributed by atoms with Crippen molar-refractivity contribution in [2.45, 2.75) is 96.9 Å². The predicted octanol–water partition coefficient (Wildman–Crippen LogP) is 5.83. The van der Waals surface area contributed by atoms with Gasteiger partial charge < -0.3 is 9.16 Å². The van der Waals surface area contributed by atoms with Crippen LogP contribution < -0.4 is 0 Å². The highest BCUT2D eigenvalue weighted by Crippen LogP contribution is 2.41. The van der Waals surface area contributed by atoms with E-state index in [2.05, 4.69) is 64.6 Å². The van der Waals surface area contributed by atoms with Crippen molar-refractivity contribution in [3.8, 4) is 11.8 Å². The third-order valence-electron chi connectivity index (χ3n) is 7.54. The Kier molecular flexibility index (Phi) is 10.8. The molecule has 6 nitrogen and oxygen atoms in total. The van der Waals surface area contributed by atoms with Crippen molar-refractivity contribution < 1.29 is 18.8 Å². The molecule has 1 aromatic rings. The third kappa shape index (κ3) is 7.93. The molecule has 0 aliphatic carbocycles. The number of unbranched alkanes of at least 4 members (excludes halogenated alkanes) is 1. The zero-order chi connectivity index (χ0) is 27.0. The van der Waals surface area contributed by atoms with Crippen LogP contribution in [0, 0.1) is 11.8 Å². The molecule has 0 spiro atoms. The molecule has 0 aromatic heterocycles. The Bertz CT molecular complexity index is 943. The van der Waals surface area contributed by atoms with Gasteiger partial charge in [-0.25, -0.2) is 9.80 Å². The second kappa shape index (κ2) is 12.9. The first-order chi connectivity index (χ1) is 16.9. The van der Waals surface area contributed by atoms with Gasteiger partial charge >= 0.3 is 5.97 Å². The fourth-order valence-corrected chi connectivity index (χ4v) is 5.68. The molecule has 1 saturated heterocycles. The lowest BCUT2D eigenvalue weighted by molar-refractivity contribution is -0.137. The SMILES string of the molecule is CCCCC(C#CCN1CCC(=O)N1CCc1ccc(C(=O)OC)cc1)(CC)O[Si](C)(C)C(C)(C)C. The van der Waals surface area contributed by atoms with E-state index >= 15 is 0 Å². The Hall–Kier alpha value is -2.14. The van der Waals surface area contributed by atoms with Crippen molar-refractivity contribution in [1.82, 2.24) is 10.0 Å². The molecule has 0 N–H and O–H groups in total. The summed E-state index contributed by atoms with van der Waals surface area (Å²) < 4.78 is 11.7. The minimum Gasteiger partial charge on any atom is -0.465 e. The molecule has 2 rings (SSSR count). The van der Waals surface area contributed by atoms with Gasteiger partial charge in [0.15, 0.2) is 8.32 Å². The molecule has 1 aromatic carbocycles. The van der Waals surface area contributed by atoms with Gasteiger partial charge in [0.25, 0.3) is 0 Å². The lowest BCUT2D eigenvalue weighted by Gasteiger charge is -2.43. The van der Waals surface area contributed by atoms with Crippen LogP contribution in [0.2, 0.25) is 18.1 Å². The highest BCUT2D eigenvalue weighted by molar-refractivity contribution is 6.74. The molecule has 1 aliphatic rings. The smallest absolute Gasteiger partial charge is 0.337 e. The van der Waals surface area contributed by atoms with Gasteiger partial charge in [0.05, 0.1) is 19.2 Å². The number of benzene rings is 1. The second-order valence-corrected chi connectivity index (χ2v) is 15.9. The molecule has 1 fully saturated rings. The number of ether oxygens (including phenoxy) is 1. The number of carbonyl (C=O) groups is 2. The summed E-state index contributed by atoms with van der Waals surface area (Å²) in [5, 5.41) is 4.01. The number of carbonyl (C=O) groups excluding carboxylic acids is 2. The van der Waals surface area contributed by atoms with E-state index < -0.39 is 13.9 Å². The van der Waals surface area contributed by atoms with Gasteiger partial charge in [-0.2, -0.15) is 0 Å². The summed E-state index contributed by atoms with van der Waals surface area (Å²) >= 11 is 0. The van der Waals surface area contributed by atoms with E-state index in [1.807, 2.05) is 17.1 Å². The van der Waals surface area contributed by atoms with Crippen LogP contribution in [0.1, 0.15) is 82.6 Å². The number of esters is 1. The largest absolute Gasteiger partial charge is 0.465 e. The molecule has 1 heterocycles. The quantitative estimate of drug-likeness (QED) is 0.211. The van der Waals surface area contributed by atoms with Crippen LogP contribution in [-0.2, 0) is 20.4 Å². The number of nitrogens with zero attached hydrogens (tertiary/aromatic N) is 2. The summed E-state index contributed by atoms with van der Waals surface area (Å²) in [6.07, 6.45) is 5.21. The van der Waals surface area contributed by atoms with Crippen LogP contribution in [0.25, 0.3) is 0 Å². The molecule has 1 aliphatic heterocycles. The Morgan fingerprint density at radius 3 is 2.36 bits per heavy atom. The monoisotopic (exact) mass is 514 g/mol. The van der Waals surface area contributed by atoms with E-state index in [0.29, 0.717) is 38.0 Å². The zero-order valence-electron chi connectivity index (χ0n) is 23.7. The molecule has 1 unspecified atom stereocenters. The molecule has 0 saturated carbocycles. The van der Waals surface area contributed by atoms with Crippen LogP contribution in [0.3, 0.4) is 0 Å². The highest BCUT2D eigenvalue weighted by Gasteiger charge is 2.43. The summed E-state index contributed by atoms with van der Waals surface area (Å²) in [5.74, 6) is 6.73. The number of rotatable bonds is 11. The number of amides is 1. The number of methoxy groups -OCH3 is 1. The second-order valence-electron chi connectivity index (χ2n) is 11.2. The van der Waals surface area contributed by atoms with Crippen LogP contribution in [-0.4, -0.2) is 62.6 Å². The fourth-order valence-electron chi connectivity index (χ4n) is 4.10. The summed E-state index contributed by atoms with van der Waals surface area (Å²) in [7, 11) is -0.615. The maximum Gasteiger partial charge on any atom is 0.337 e. The molecule has 0 bridgehead atoms. The number of hydrogen-bond donors (Lipinski definition) is 0. The predicted molar refractivity (Wildman–Crippen MR) is 148 cm³/mol. The van der Waals surface area contributed by atoms with E-state index in [9.17, 15) is 9.59 Å². The average molecular weight is 515 g/mol. The maximum atomic E-state index is 12.6. The molecule has 7 heteroatoms. The minimum absolute atomic E-state index is 0.120. The zero-order valence-corrected chi connectivity index (χ0v) is 24.7. The van der Waals surface area contributed by atoms with Crippen molar-refractivity contribution in [2.75, 3.05) is 26.7 Å². The first-order valence-electron chi connectivity index (χ1n) is 13.3. The van der Waals surface area contributed by atoms with E-state index in [-0.39, 0.29) is 16.9 Å². The van der Waals surface area contributed by atoms with Crippen molar-refractivity contribution >= 4 is 20.2 Å². The van der Waals surface area contributed by atoms with Crippen molar-refractivity contribution in [3.63, 3.8) is 0 Å². The first kappa shape index (κ1) is 30.1. The van der Waals surface area contributed by atoms with Crippen molar-refractivity contribution in [3.05, 3.63) is 35.4 Å². The molecule has 1 amide bonds. The normalized spacial score (nSPS) is 16.4. The topological polar surface area (TPSA) is 59.1 Å². The first-order valence-corrected chi connectivity index (χ1v) is 16.2. The van der Waals surface area contributed by atoms with Gasteiger partial charge in [-0.05, 0) is 61.5 Å². The minimum atomic E-state index is -1.99. The van der Waals surface area contributed by atoms with Gasteiger partial charge in [0.1, 0.15) is 5.60 Å². The third-order valence-corrected chi connectivity index (χ3v) is 12.1. The van der Waals surface area contributed by atoms with Crippen LogP contribution in [0.5, 0.6) is 0 Å². The number of hydrogen-bond acceptors (Lipinski definition) is 5. The summed E-state index contributed by atoms with van der Waals surface area (Å²) in [4.78, 5) is 24.3. The Labute approximate surface area is 219 Å². The van der Waals surface area contributed by atoms with Gasteiger partial charge in [0, 0.05) is 19.5 Å². The number of hydrazine groups is 1. The molecule has 1 atom stereocenters. The standard InChI is InChI=1S/C29H46N2O4Si/c1-9-11-19-29(10-2,35-36(7,8)28(3,4)5)20-12-21-30-22-18-26(32)31(30)23-17-24-13-15-25(16-14-24)27(33)34-6/h13-16H,9-11,17-19,21-23H2,1-8H3. The lowest BCUT2D eigenvalue weighted by Crippen LogP contribution is -2.49. The van der Waals surface area contributed by atoms with E-state index in [0.717, 1.165) is 31.2 Å². The Morgan fingerprint density at radius 1 is 1.14 bits per heavy atom. The average Bonchev–Trinajstić information content (AvgIpc) is 3.19. The molecular formula is C29H46N2O4Si. The van der Waals surface area contributed by atoms with Gasteiger partial charge in [0.2, 0.25) is 5.91 Å². The van der Waals surface area contributed by atoms with Gasteiger partial charge in [-0.15, -0.1) is 0 Å². The fraction of sp³-hybridized carbons (Fsp3) is 0.655. The molecule has 36 heavy (non-hydrogen) atoms. The van der Waals surface area contributed by atoms with Crippen LogP contribution in [0.15, 0.2) is 24.3 Å². The highest BCUT2D eigenvalue weighted by atomic mass is 28.4. The maximum absolute atomic E-state index is 12.6. The van der Waals surface area contributed by atoms with Crippen LogP contribution in [0.4, 0.5) is 0 Å². The van der Waals surface area contributed by atoms with E-state index in [1.54, 1.807) is 12.1 Å². The molecule has 0 radical (unpaired) electrons. The van der Waals surface area contributed by atoms with Gasteiger partial charge in [-0.3, -0.25) is 9.80 Å². The summed E-state index contributed by atoms with van der Waals surface area (Å²) in [6.45, 7) is 17.6. The van der Waals surface area contributed by atoms with Crippen LogP contribution >= 0.6 is 0 Å². The summed E-state index contributed by atoms with van der Waals surface area (Å²) in [6, 6.07) is 7.36.